The molecule has 2 aromatic carbocycles. The summed E-state index contributed by atoms with van der Waals surface area (Å²) in [5, 5.41) is 22.7. The summed E-state index contributed by atoms with van der Waals surface area (Å²) in [4.78, 5) is 4.32. The van der Waals surface area contributed by atoms with E-state index < -0.39 is 40.8 Å². The molecular formula is C21H19ClF4N2O3. The van der Waals surface area contributed by atoms with E-state index in [2.05, 4.69) is 10.3 Å². The Hall–Kier alpha value is -2.62. The van der Waals surface area contributed by atoms with Crippen LogP contribution in [0.5, 0.6) is 5.75 Å². The summed E-state index contributed by atoms with van der Waals surface area (Å²) in [6, 6.07) is 8.04. The molecule has 3 aromatic rings. The van der Waals surface area contributed by atoms with Gasteiger partial charge < -0.3 is 20.3 Å². The molecule has 0 aliphatic rings. The van der Waals surface area contributed by atoms with E-state index in [-0.39, 0.29) is 11.4 Å². The number of fused-ring (bicyclic) bond motifs is 1. The van der Waals surface area contributed by atoms with Crippen molar-refractivity contribution >= 4 is 28.2 Å². The van der Waals surface area contributed by atoms with Gasteiger partial charge in [-0.05, 0) is 43.3 Å². The normalized spacial score (nSPS) is 14.9. The zero-order valence-electron chi connectivity index (χ0n) is 16.5. The lowest BCUT2D eigenvalue weighted by atomic mass is 9.86. The standard InChI is InChI=1S/C21H19ClF4N2O3/c1-11-6-7-12-14(27-11)4-3-5-15(12)28-19(20(30,10-29)21(24,25)26)17-16(31-2)9-8-13(22)18(17)23/h3-9,19,28-30H,10H2,1-2H3. The summed E-state index contributed by atoms with van der Waals surface area (Å²) in [5.41, 5.74) is -3.16. The first-order valence-corrected chi connectivity index (χ1v) is 9.46. The maximum absolute atomic E-state index is 15.0. The monoisotopic (exact) mass is 458 g/mol. The van der Waals surface area contributed by atoms with Gasteiger partial charge in [0, 0.05) is 16.8 Å². The Labute approximate surface area is 180 Å². The molecule has 0 saturated carbocycles. The lowest BCUT2D eigenvalue weighted by molar-refractivity contribution is -0.277. The number of benzene rings is 2. The van der Waals surface area contributed by atoms with Gasteiger partial charge in [-0.25, -0.2) is 4.39 Å². The lowest BCUT2D eigenvalue weighted by Crippen LogP contribution is -2.55. The highest BCUT2D eigenvalue weighted by Gasteiger charge is 2.60. The van der Waals surface area contributed by atoms with Gasteiger partial charge in [0.25, 0.3) is 0 Å². The SMILES string of the molecule is COc1ccc(Cl)c(F)c1C(Nc1cccc2nc(C)ccc12)C(O)(CO)C(F)(F)F. The first-order valence-electron chi connectivity index (χ1n) is 9.08. The van der Waals surface area contributed by atoms with Gasteiger partial charge in [0.2, 0.25) is 5.60 Å². The largest absolute Gasteiger partial charge is 0.496 e. The molecule has 2 unspecified atom stereocenters. The molecule has 3 rings (SSSR count). The lowest BCUT2D eigenvalue weighted by Gasteiger charge is -2.38. The molecule has 0 spiro atoms. The predicted octanol–water partition coefficient (Wildman–Crippen LogP) is 4.78. The highest BCUT2D eigenvalue weighted by molar-refractivity contribution is 6.30. The van der Waals surface area contributed by atoms with Crippen LogP contribution in [0.25, 0.3) is 10.9 Å². The fraction of sp³-hybridized carbons (Fsp3) is 0.286. The Kier molecular flexibility index (Phi) is 6.31. The molecule has 166 valence electrons. The van der Waals surface area contributed by atoms with Gasteiger partial charge in [-0.1, -0.05) is 17.7 Å². The number of nitrogens with one attached hydrogen (secondary N) is 1. The zero-order chi connectivity index (χ0) is 23.0. The second-order valence-corrected chi connectivity index (χ2v) is 7.37. The maximum atomic E-state index is 15.0. The number of aryl methyl sites for hydroxylation is 1. The number of rotatable bonds is 6. The number of methoxy groups -OCH3 is 1. The number of pyridine rings is 1. The van der Waals surface area contributed by atoms with Crippen LogP contribution in [0.1, 0.15) is 17.3 Å². The van der Waals surface area contributed by atoms with Gasteiger partial charge in [-0.2, -0.15) is 13.2 Å². The Morgan fingerprint density at radius 2 is 1.87 bits per heavy atom. The number of aliphatic hydroxyl groups excluding tert-OH is 1. The van der Waals surface area contributed by atoms with Crippen molar-refractivity contribution in [2.75, 3.05) is 19.0 Å². The van der Waals surface area contributed by atoms with Crippen molar-refractivity contribution in [1.29, 1.82) is 0 Å². The van der Waals surface area contributed by atoms with Gasteiger partial charge in [0.05, 0.1) is 35.9 Å². The average Bonchev–Trinajstić information content (AvgIpc) is 2.72. The Morgan fingerprint density at radius 3 is 2.48 bits per heavy atom. The van der Waals surface area contributed by atoms with E-state index in [1.807, 2.05) is 0 Å². The molecule has 0 amide bonds. The van der Waals surface area contributed by atoms with E-state index in [9.17, 15) is 27.8 Å². The number of ether oxygens (including phenoxy) is 1. The third-order valence-corrected chi connectivity index (χ3v) is 5.27. The minimum atomic E-state index is -5.33. The molecular weight excluding hydrogens is 440 g/mol. The van der Waals surface area contributed by atoms with Crippen molar-refractivity contribution in [3.05, 3.63) is 64.6 Å². The van der Waals surface area contributed by atoms with Crippen LogP contribution in [0, 0.1) is 12.7 Å². The summed E-state index contributed by atoms with van der Waals surface area (Å²) in [6.07, 6.45) is -5.33. The smallest absolute Gasteiger partial charge is 0.421 e. The minimum Gasteiger partial charge on any atom is -0.496 e. The van der Waals surface area contributed by atoms with Crippen molar-refractivity contribution in [2.45, 2.75) is 24.7 Å². The molecule has 0 saturated heterocycles. The summed E-state index contributed by atoms with van der Waals surface area (Å²) in [5.74, 6) is -1.51. The van der Waals surface area contributed by atoms with E-state index in [1.54, 1.807) is 31.2 Å². The average molecular weight is 459 g/mol. The molecule has 10 heteroatoms. The van der Waals surface area contributed by atoms with Crippen molar-refractivity contribution in [1.82, 2.24) is 4.98 Å². The number of halogens is 5. The van der Waals surface area contributed by atoms with E-state index in [1.165, 1.54) is 12.1 Å². The fourth-order valence-electron chi connectivity index (χ4n) is 3.31. The minimum absolute atomic E-state index is 0.132. The molecule has 0 radical (unpaired) electrons. The van der Waals surface area contributed by atoms with Crippen molar-refractivity contribution < 1.29 is 32.5 Å². The van der Waals surface area contributed by atoms with Gasteiger partial charge >= 0.3 is 6.18 Å². The number of nitrogens with zero attached hydrogens (tertiary/aromatic N) is 1. The third-order valence-electron chi connectivity index (χ3n) is 4.98. The maximum Gasteiger partial charge on any atom is 0.421 e. The number of aliphatic hydroxyl groups is 2. The highest BCUT2D eigenvalue weighted by Crippen LogP contribution is 2.46. The number of hydrogen-bond donors (Lipinski definition) is 3. The topological polar surface area (TPSA) is 74.6 Å². The summed E-state index contributed by atoms with van der Waals surface area (Å²) >= 11 is 5.82. The van der Waals surface area contributed by atoms with Crippen molar-refractivity contribution in [3.8, 4) is 5.75 Å². The fourth-order valence-corrected chi connectivity index (χ4v) is 3.47. The zero-order valence-corrected chi connectivity index (χ0v) is 17.2. The Morgan fingerprint density at radius 1 is 1.16 bits per heavy atom. The van der Waals surface area contributed by atoms with Crippen LogP contribution in [-0.2, 0) is 0 Å². The predicted molar refractivity (Wildman–Crippen MR) is 109 cm³/mol. The van der Waals surface area contributed by atoms with Gasteiger partial charge in [-0.15, -0.1) is 0 Å². The van der Waals surface area contributed by atoms with E-state index in [4.69, 9.17) is 16.3 Å². The summed E-state index contributed by atoms with van der Waals surface area (Å²) < 4.78 is 61.8. The van der Waals surface area contributed by atoms with Crippen LogP contribution in [0.2, 0.25) is 5.02 Å². The second kappa shape index (κ2) is 8.49. The highest BCUT2D eigenvalue weighted by atomic mass is 35.5. The first-order chi connectivity index (χ1) is 14.5. The van der Waals surface area contributed by atoms with Gasteiger partial charge in [0.15, 0.2) is 5.82 Å². The van der Waals surface area contributed by atoms with Gasteiger partial charge in [-0.3, -0.25) is 4.98 Å². The summed E-state index contributed by atoms with van der Waals surface area (Å²) in [7, 11) is 1.14. The van der Waals surface area contributed by atoms with Crippen LogP contribution in [0.4, 0.5) is 23.2 Å². The van der Waals surface area contributed by atoms with Crippen LogP contribution < -0.4 is 10.1 Å². The molecule has 5 nitrogen and oxygen atoms in total. The van der Waals surface area contributed by atoms with E-state index in [0.717, 1.165) is 13.2 Å². The molecule has 0 aliphatic heterocycles. The second-order valence-electron chi connectivity index (χ2n) is 6.96. The number of anilines is 1. The number of hydrogen-bond acceptors (Lipinski definition) is 5. The van der Waals surface area contributed by atoms with Crippen LogP contribution in [-0.4, -0.2) is 40.7 Å². The van der Waals surface area contributed by atoms with Crippen LogP contribution in [0.3, 0.4) is 0 Å². The van der Waals surface area contributed by atoms with Crippen LogP contribution >= 0.6 is 11.6 Å². The molecule has 31 heavy (non-hydrogen) atoms. The molecule has 3 N–H and O–H groups in total. The van der Waals surface area contributed by atoms with Gasteiger partial charge in [0.1, 0.15) is 5.75 Å². The van der Waals surface area contributed by atoms with Crippen LogP contribution in [0.15, 0.2) is 42.5 Å². The first kappa shape index (κ1) is 23.1. The number of alkyl halides is 3. The van der Waals surface area contributed by atoms with Crippen molar-refractivity contribution in [3.63, 3.8) is 0 Å². The third kappa shape index (κ3) is 4.13. The number of aromatic nitrogens is 1. The molecule has 0 aliphatic carbocycles. The molecule has 1 aromatic heterocycles. The quantitative estimate of drug-likeness (QED) is 0.463. The van der Waals surface area contributed by atoms with E-state index >= 15 is 0 Å². The Balaban J connectivity index is 2.28. The Bertz CT molecular complexity index is 1110. The summed E-state index contributed by atoms with van der Waals surface area (Å²) in [6.45, 7) is 0.00805. The van der Waals surface area contributed by atoms with Crippen molar-refractivity contribution in [2.24, 2.45) is 0 Å². The molecule has 0 fully saturated rings. The molecule has 1 heterocycles. The molecule has 2 atom stereocenters. The van der Waals surface area contributed by atoms with E-state index in [0.29, 0.717) is 16.6 Å². The molecule has 0 bridgehead atoms.